The van der Waals surface area contributed by atoms with Crippen LogP contribution in [0.1, 0.15) is 5.69 Å². The summed E-state index contributed by atoms with van der Waals surface area (Å²) in [4.78, 5) is 13.8. The Morgan fingerprint density at radius 2 is 2.15 bits per heavy atom. The lowest BCUT2D eigenvalue weighted by molar-refractivity contribution is -0.385. The van der Waals surface area contributed by atoms with Crippen LogP contribution in [0.5, 0.6) is 11.6 Å². The minimum absolute atomic E-state index is 0.0522. The van der Waals surface area contributed by atoms with Crippen LogP contribution in [0.4, 0.5) is 5.69 Å². The summed E-state index contributed by atoms with van der Waals surface area (Å²) in [5, 5.41) is 19.9. The fourth-order valence-corrected chi connectivity index (χ4v) is 2.10. The number of benzene rings is 1. The Balaban J connectivity index is 2.35. The quantitative estimate of drug-likeness (QED) is 0.612. The van der Waals surface area contributed by atoms with E-state index in [0.717, 1.165) is 10.5 Å². The van der Waals surface area contributed by atoms with Gasteiger partial charge in [-0.25, -0.2) is 0 Å². The van der Waals surface area contributed by atoms with Crippen LogP contribution in [0.3, 0.4) is 0 Å². The normalized spacial score (nSPS) is 9.85. The van der Waals surface area contributed by atoms with Gasteiger partial charge in [-0.1, -0.05) is 27.5 Å². The van der Waals surface area contributed by atoms with Crippen molar-refractivity contribution in [3.05, 3.63) is 55.6 Å². The second kappa shape index (κ2) is 5.86. The molecule has 2 aromatic rings. The van der Waals surface area contributed by atoms with Gasteiger partial charge in [-0.05, 0) is 18.2 Å². The molecule has 0 radical (unpaired) electrons. The largest absolute Gasteiger partial charge is 0.437 e. The molecule has 0 atom stereocenters. The van der Waals surface area contributed by atoms with Crippen molar-refractivity contribution in [2.24, 2.45) is 0 Å². The topological polar surface area (TPSA) is 89.0 Å². The number of hydrogen-bond donors (Lipinski definition) is 0. The Labute approximate surface area is 126 Å². The van der Waals surface area contributed by atoms with Gasteiger partial charge in [0.2, 0.25) is 11.6 Å². The van der Waals surface area contributed by atoms with Crippen LogP contribution in [0.25, 0.3) is 0 Å². The van der Waals surface area contributed by atoms with E-state index in [1.54, 1.807) is 24.3 Å². The molecule has 0 bridgehead atoms. The van der Waals surface area contributed by atoms with Gasteiger partial charge >= 0.3 is 5.69 Å². The smallest absolute Gasteiger partial charge is 0.305 e. The van der Waals surface area contributed by atoms with Crippen molar-refractivity contribution in [2.45, 2.75) is 0 Å². The number of hydrogen-bond acceptors (Lipinski definition) is 5. The van der Waals surface area contributed by atoms with E-state index in [4.69, 9.17) is 21.6 Å². The first kappa shape index (κ1) is 14.2. The van der Waals surface area contributed by atoms with Gasteiger partial charge in [-0.15, -0.1) is 0 Å². The van der Waals surface area contributed by atoms with Gasteiger partial charge in [-0.2, -0.15) is 10.2 Å². The summed E-state index contributed by atoms with van der Waals surface area (Å²) < 4.78 is 6.19. The number of pyridine rings is 1. The van der Waals surface area contributed by atoms with Crippen LogP contribution >= 0.6 is 27.5 Å². The highest BCUT2D eigenvalue weighted by atomic mass is 79.9. The van der Waals surface area contributed by atoms with Gasteiger partial charge in [0.1, 0.15) is 11.8 Å². The molecule has 0 aliphatic rings. The van der Waals surface area contributed by atoms with Crippen LogP contribution < -0.4 is 4.74 Å². The van der Waals surface area contributed by atoms with Gasteiger partial charge in [0.05, 0.1) is 9.95 Å². The average molecular weight is 355 g/mol. The SMILES string of the molecule is N#Cc1nc(Oc2ccc(Br)cc2Cl)ccc1[N+](=O)[O-]. The highest BCUT2D eigenvalue weighted by molar-refractivity contribution is 9.10. The van der Waals surface area contributed by atoms with Crippen LogP contribution in [-0.2, 0) is 0 Å². The van der Waals surface area contributed by atoms with Crippen molar-refractivity contribution >= 4 is 33.2 Å². The standard InChI is InChI=1S/C12H5BrClN3O3/c13-7-1-3-11(8(14)5-7)20-12-4-2-10(17(18)19)9(6-15)16-12/h1-5H. The minimum atomic E-state index is -0.679. The van der Waals surface area contributed by atoms with E-state index >= 15 is 0 Å². The van der Waals surface area contributed by atoms with Gasteiger partial charge in [0.25, 0.3) is 0 Å². The molecule has 0 N–H and O–H groups in total. The lowest BCUT2D eigenvalue weighted by Crippen LogP contribution is -1.97. The number of nitriles is 1. The minimum Gasteiger partial charge on any atom is -0.437 e. The van der Waals surface area contributed by atoms with E-state index in [-0.39, 0.29) is 17.3 Å². The summed E-state index contributed by atoms with van der Waals surface area (Å²) in [6, 6.07) is 9.08. The maximum Gasteiger partial charge on any atom is 0.305 e. The molecule has 20 heavy (non-hydrogen) atoms. The molecule has 0 spiro atoms. The second-order valence-electron chi connectivity index (χ2n) is 3.56. The lowest BCUT2D eigenvalue weighted by Gasteiger charge is -2.07. The van der Waals surface area contributed by atoms with E-state index in [1.165, 1.54) is 6.07 Å². The maximum absolute atomic E-state index is 10.7. The fourth-order valence-electron chi connectivity index (χ4n) is 1.39. The van der Waals surface area contributed by atoms with Crippen LogP contribution in [0, 0.1) is 21.4 Å². The van der Waals surface area contributed by atoms with Gasteiger partial charge in [0.15, 0.2) is 0 Å². The Bertz CT molecular complexity index is 730. The zero-order valence-corrected chi connectivity index (χ0v) is 12.1. The Morgan fingerprint density at radius 3 is 2.75 bits per heavy atom. The van der Waals surface area contributed by atoms with E-state index in [9.17, 15) is 10.1 Å². The summed E-state index contributed by atoms with van der Waals surface area (Å²) in [5.74, 6) is 0.386. The third kappa shape index (κ3) is 3.04. The molecule has 0 aliphatic carbocycles. The Hall–Kier alpha value is -2.17. The van der Waals surface area contributed by atoms with Crippen molar-refractivity contribution < 1.29 is 9.66 Å². The van der Waals surface area contributed by atoms with E-state index in [1.807, 2.05) is 0 Å². The first-order chi connectivity index (χ1) is 9.51. The number of ether oxygens (including phenoxy) is 1. The predicted molar refractivity (Wildman–Crippen MR) is 74.8 cm³/mol. The molecular formula is C12H5BrClN3O3. The summed E-state index contributed by atoms with van der Waals surface area (Å²) >= 11 is 9.24. The van der Waals surface area contributed by atoms with Crippen molar-refractivity contribution in [2.75, 3.05) is 0 Å². The Kier molecular flexibility index (Phi) is 4.17. The number of nitrogens with zero attached hydrogens (tertiary/aromatic N) is 3. The van der Waals surface area contributed by atoms with E-state index in [0.29, 0.717) is 10.8 Å². The molecule has 0 amide bonds. The molecule has 8 heteroatoms. The average Bonchev–Trinajstić information content (AvgIpc) is 2.41. The van der Waals surface area contributed by atoms with Gasteiger partial charge in [-0.3, -0.25) is 10.1 Å². The number of aromatic nitrogens is 1. The third-order valence-corrected chi connectivity index (χ3v) is 3.05. The summed E-state index contributed by atoms with van der Waals surface area (Å²) in [6.45, 7) is 0. The van der Waals surface area contributed by atoms with Crippen molar-refractivity contribution in [3.8, 4) is 17.7 Å². The zero-order valence-electron chi connectivity index (χ0n) is 9.71. The van der Waals surface area contributed by atoms with Crippen LogP contribution in [0.15, 0.2) is 34.8 Å². The Morgan fingerprint density at radius 1 is 1.40 bits per heavy atom. The predicted octanol–water partition coefficient (Wildman–Crippen LogP) is 4.07. The molecule has 2 rings (SSSR count). The first-order valence-corrected chi connectivity index (χ1v) is 6.37. The van der Waals surface area contributed by atoms with Crippen LogP contribution in [-0.4, -0.2) is 9.91 Å². The van der Waals surface area contributed by atoms with Crippen molar-refractivity contribution in [1.29, 1.82) is 5.26 Å². The van der Waals surface area contributed by atoms with Crippen LogP contribution in [0.2, 0.25) is 5.02 Å². The van der Waals surface area contributed by atoms with Crippen molar-refractivity contribution in [1.82, 2.24) is 4.98 Å². The first-order valence-electron chi connectivity index (χ1n) is 5.19. The highest BCUT2D eigenvalue weighted by Crippen LogP contribution is 2.31. The monoisotopic (exact) mass is 353 g/mol. The number of halogens is 2. The van der Waals surface area contributed by atoms with Crippen molar-refractivity contribution in [3.63, 3.8) is 0 Å². The lowest BCUT2D eigenvalue weighted by atomic mass is 10.3. The molecule has 0 unspecified atom stereocenters. The molecule has 1 aromatic carbocycles. The molecule has 0 saturated carbocycles. The molecule has 0 saturated heterocycles. The summed E-state index contributed by atoms with van der Waals surface area (Å²) in [6.07, 6.45) is 0. The number of nitro groups is 1. The van der Waals surface area contributed by atoms with Gasteiger partial charge in [0, 0.05) is 16.6 Å². The zero-order chi connectivity index (χ0) is 14.7. The molecule has 1 aromatic heterocycles. The molecule has 6 nitrogen and oxygen atoms in total. The molecule has 0 aliphatic heterocycles. The van der Waals surface area contributed by atoms with E-state index in [2.05, 4.69) is 20.9 Å². The summed E-state index contributed by atoms with van der Waals surface area (Å²) in [5.41, 5.74) is -0.692. The molecule has 100 valence electrons. The number of rotatable bonds is 3. The van der Waals surface area contributed by atoms with Gasteiger partial charge < -0.3 is 4.74 Å². The maximum atomic E-state index is 10.7. The third-order valence-electron chi connectivity index (χ3n) is 2.26. The second-order valence-corrected chi connectivity index (χ2v) is 4.89. The molecule has 0 fully saturated rings. The molecule has 1 heterocycles. The molecular weight excluding hydrogens is 350 g/mol. The fraction of sp³-hybridized carbons (Fsp3) is 0. The summed E-state index contributed by atoms with van der Waals surface area (Å²) in [7, 11) is 0. The van der Waals surface area contributed by atoms with E-state index < -0.39 is 4.92 Å². The highest BCUT2D eigenvalue weighted by Gasteiger charge is 2.16.